The highest BCUT2D eigenvalue weighted by Gasteiger charge is 2.30. The Balaban J connectivity index is 1.84. The van der Waals surface area contributed by atoms with E-state index >= 15 is 0 Å². The third-order valence-electron chi connectivity index (χ3n) is 3.21. The molecule has 0 spiro atoms. The van der Waals surface area contributed by atoms with Crippen molar-refractivity contribution in [2.24, 2.45) is 5.92 Å². The van der Waals surface area contributed by atoms with Gasteiger partial charge in [0.05, 0.1) is 0 Å². The molecule has 14 heavy (non-hydrogen) atoms. The van der Waals surface area contributed by atoms with Gasteiger partial charge in [-0.1, -0.05) is 38.3 Å². The molecular formula is C12H20N2. The summed E-state index contributed by atoms with van der Waals surface area (Å²) in [6, 6.07) is 0.651. The molecule has 1 aliphatic carbocycles. The van der Waals surface area contributed by atoms with Gasteiger partial charge in [0, 0.05) is 17.7 Å². The average Bonchev–Trinajstić information content (AvgIpc) is 2.63. The van der Waals surface area contributed by atoms with E-state index in [-0.39, 0.29) is 0 Å². The topological polar surface area (TPSA) is 24.1 Å². The molecule has 2 nitrogen and oxygen atoms in total. The lowest BCUT2D eigenvalue weighted by Gasteiger charge is -2.18. The van der Waals surface area contributed by atoms with Gasteiger partial charge in [0.25, 0.3) is 0 Å². The van der Waals surface area contributed by atoms with Crippen molar-refractivity contribution in [1.29, 1.82) is 0 Å². The Morgan fingerprint density at radius 2 is 2.36 bits per heavy atom. The molecule has 2 unspecified atom stereocenters. The van der Waals surface area contributed by atoms with E-state index in [1.807, 2.05) is 0 Å². The number of hydrogen-bond acceptors (Lipinski definition) is 2. The molecule has 0 saturated carbocycles. The minimum Gasteiger partial charge on any atom is -0.325 e. The van der Waals surface area contributed by atoms with Crippen molar-refractivity contribution < 1.29 is 0 Å². The number of hydrogen-bond donors (Lipinski definition) is 2. The maximum absolute atomic E-state index is 3.40. The molecular weight excluding hydrogens is 172 g/mol. The van der Waals surface area contributed by atoms with Crippen LogP contribution in [0.1, 0.15) is 39.0 Å². The zero-order valence-corrected chi connectivity index (χ0v) is 8.92. The van der Waals surface area contributed by atoms with Crippen LogP contribution in [-0.4, -0.2) is 6.04 Å². The number of allylic oxidation sites excluding steroid dienone is 3. The van der Waals surface area contributed by atoms with Crippen molar-refractivity contribution >= 4 is 0 Å². The van der Waals surface area contributed by atoms with Gasteiger partial charge in [-0.3, -0.25) is 0 Å². The predicted octanol–water partition coefficient (Wildman–Crippen LogP) is 2.50. The largest absolute Gasteiger partial charge is 0.325 e. The van der Waals surface area contributed by atoms with Gasteiger partial charge in [-0.15, -0.1) is 0 Å². The fraction of sp³-hybridized carbons (Fsp3) is 0.667. The quantitative estimate of drug-likeness (QED) is 0.669. The zero-order chi connectivity index (χ0) is 9.80. The van der Waals surface area contributed by atoms with E-state index in [9.17, 15) is 0 Å². The molecule has 2 atom stereocenters. The number of unbranched alkanes of at least 4 members (excludes halogenated alkanes) is 2. The van der Waals surface area contributed by atoms with Gasteiger partial charge >= 0.3 is 0 Å². The molecule has 2 N–H and O–H groups in total. The van der Waals surface area contributed by atoms with E-state index in [4.69, 9.17) is 0 Å². The molecule has 1 aliphatic heterocycles. The molecule has 2 rings (SSSR count). The first kappa shape index (κ1) is 9.78. The molecule has 78 valence electrons. The number of fused-ring (bicyclic) bond motifs is 1. The van der Waals surface area contributed by atoms with E-state index in [0.29, 0.717) is 12.0 Å². The number of rotatable bonds is 4. The Kier molecular flexibility index (Phi) is 3.25. The molecule has 1 fully saturated rings. The van der Waals surface area contributed by atoms with Crippen LogP contribution in [0, 0.1) is 5.92 Å². The Labute approximate surface area is 86.4 Å². The lowest BCUT2D eigenvalue weighted by atomic mass is 9.89. The molecule has 0 aromatic rings. The normalized spacial score (nSPS) is 29.6. The molecule has 1 saturated heterocycles. The van der Waals surface area contributed by atoms with Crippen LogP contribution < -0.4 is 10.9 Å². The summed E-state index contributed by atoms with van der Waals surface area (Å²) in [6.45, 7) is 2.26. The van der Waals surface area contributed by atoms with E-state index in [0.717, 1.165) is 0 Å². The molecule has 2 heteroatoms. The first-order chi connectivity index (χ1) is 6.92. The molecule has 0 radical (unpaired) electrons. The predicted molar refractivity (Wildman–Crippen MR) is 59.5 cm³/mol. The van der Waals surface area contributed by atoms with Crippen LogP contribution in [0.3, 0.4) is 0 Å². The molecule has 2 aliphatic rings. The SMILES string of the molecule is CCCCCC1NNC2=CC=CCC21. The van der Waals surface area contributed by atoms with Crippen molar-refractivity contribution in [1.82, 2.24) is 10.9 Å². The maximum atomic E-state index is 3.40. The van der Waals surface area contributed by atoms with Crippen molar-refractivity contribution in [3.63, 3.8) is 0 Å². The molecule has 1 heterocycles. The van der Waals surface area contributed by atoms with Gasteiger partial charge in [-0.05, 0) is 18.9 Å². The second-order valence-corrected chi connectivity index (χ2v) is 4.26. The van der Waals surface area contributed by atoms with Crippen LogP contribution in [0.15, 0.2) is 23.9 Å². The fourth-order valence-corrected chi connectivity index (χ4v) is 2.33. The molecule has 0 bridgehead atoms. The van der Waals surface area contributed by atoms with Gasteiger partial charge in [-0.2, -0.15) is 0 Å². The minimum absolute atomic E-state index is 0.651. The lowest BCUT2D eigenvalue weighted by molar-refractivity contribution is 0.422. The van der Waals surface area contributed by atoms with Crippen LogP contribution in [-0.2, 0) is 0 Å². The van der Waals surface area contributed by atoms with E-state index in [1.54, 1.807) is 0 Å². The summed E-state index contributed by atoms with van der Waals surface area (Å²) in [4.78, 5) is 0. The Morgan fingerprint density at radius 3 is 3.21 bits per heavy atom. The van der Waals surface area contributed by atoms with Gasteiger partial charge < -0.3 is 5.43 Å². The first-order valence-corrected chi connectivity index (χ1v) is 5.80. The van der Waals surface area contributed by atoms with E-state index in [1.165, 1.54) is 37.8 Å². The Hall–Kier alpha value is -0.760. The van der Waals surface area contributed by atoms with Gasteiger partial charge in [0.2, 0.25) is 0 Å². The van der Waals surface area contributed by atoms with E-state index in [2.05, 4.69) is 36.0 Å². The second-order valence-electron chi connectivity index (χ2n) is 4.26. The summed E-state index contributed by atoms with van der Waals surface area (Å²) in [5.41, 5.74) is 8.08. The van der Waals surface area contributed by atoms with Crippen molar-refractivity contribution in [3.05, 3.63) is 23.9 Å². The summed E-state index contributed by atoms with van der Waals surface area (Å²) in [5.74, 6) is 0.705. The smallest absolute Gasteiger partial charge is 0.0346 e. The van der Waals surface area contributed by atoms with Crippen molar-refractivity contribution in [2.45, 2.75) is 45.1 Å². The third kappa shape index (κ3) is 2.01. The molecule has 0 aromatic carbocycles. The highest BCUT2D eigenvalue weighted by molar-refractivity contribution is 5.23. The van der Waals surface area contributed by atoms with Gasteiger partial charge in [0.15, 0.2) is 0 Å². The highest BCUT2D eigenvalue weighted by atomic mass is 15.4. The minimum atomic E-state index is 0.651. The van der Waals surface area contributed by atoms with Crippen LogP contribution >= 0.6 is 0 Å². The standard InChI is InChI=1S/C12H20N2/c1-2-3-4-8-11-10-7-5-6-9-12(10)14-13-11/h5-6,9-11,13-14H,2-4,7-8H2,1H3. The fourth-order valence-electron chi connectivity index (χ4n) is 2.33. The van der Waals surface area contributed by atoms with Crippen LogP contribution in [0.2, 0.25) is 0 Å². The van der Waals surface area contributed by atoms with Gasteiger partial charge in [-0.25, -0.2) is 5.43 Å². The highest BCUT2D eigenvalue weighted by Crippen LogP contribution is 2.28. The molecule has 0 amide bonds. The Morgan fingerprint density at radius 1 is 1.43 bits per heavy atom. The maximum Gasteiger partial charge on any atom is 0.0346 e. The Bertz CT molecular complexity index is 243. The lowest BCUT2D eigenvalue weighted by Crippen LogP contribution is -2.31. The molecule has 0 aromatic heterocycles. The summed E-state index contributed by atoms with van der Waals surface area (Å²) in [5, 5.41) is 0. The average molecular weight is 192 g/mol. The first-order valence-electron chi connectivity index (χ1n) is 5.80. The second kappa shape index (κ2) is 4.65. The van der Waals surface area contributed by atoms with Crippen LogP contribution in [0.5, 0.6) is 0 Å². The number of nitrogens with one attached hydrogen (secondary N) is 2. The van der Waals surface area contributed by atoms with E-state index < -0.39 is 0 Å². The summed E-state index contributed by atoms with van der Waals surface area (Å²) >= 11 is 0. The summed E-state index contributed by atoms with van der Waals surface area (Å²) < 4.78 is 0. The third-order valence-corrected chi connectivity index (χ3v) is 3.21. The van der Waals surface area contributed by atoms with Crippen molar-refractivity contribution in [2.75, 3.05) is 0 Å². The zero-order valence-electron chi connectivity index (χ0n) is 8.92. The van der Waals surface area contributed by atoms with Gasteiger partial charge in [0.1, 0.15) is 0 Å². The monoisotopic (exact) mass is 192 g/mol. The summed E-state index contributed by atoms with van der Waals surface area (Å²) in [7, 11) is 0. The summed E-state index contributed by atoms with van der Waals surface area (Å²) in [6.07, 6.45) is 13.1. The van der Waals surface area contributed by atoms with Crippen molar-refractivity contribution in [3.8, 4) is 0 Å². The number of hydrazine groups is 1. The van der Waals surface area contributed by atoms with Crippen LogP contribution in [0.25, 0.3) is 0 Å². The van der Waals surface area contributed by atoms with Crippen LogP contribution in [0.4, 0.5) is 0 Å².